The van der Waals surface area contributed by atoms with Crippen molar-refractivity contribution < 1.29 is 18.3 Å². The molecule has 1 aliphatic carbocycles. The van der Waals surface area contributed by atoms with Crippen LogP contribution in [-0.2, 0) is 14.8 Å². The summed E-state index contributed by atoms with van der Waals surface area (Å²) in [5, 5.41) is 9.62. The molecule has 0 radical (unpaired) electrons. The molecule has 24 heavy (non-hydrogen) atoms. The summed E-state index contributed by atoms with van der Waals surface area (Å²) in [7, 11) is -3.69. The summed E-state index contributed by atoms with van der Waals surface area (Å²) in [6.07, 6.45) is 1.97. The predicted octanol–water partition coefficient (Wildman–Crippen LogP) is 1.45. The van der Waals surface area contributed by atoms with Gasteiger partial charge in [-0.05, 0) is 55.3 Å². The topological polar surface area (TPSA) is 116 Å². The molecule has 1 aliphatic rings. The molecule has 3 rings (SSSR count). The smallest absolute Gasteiger partial charge is 0.306 e. The van der Waals surface area contributed by atoms with Gasteiger partial charge in [0.25, 0.3) is 0 Å². The van der Waals surface area contributed by atoms with Crippen molar-refractivity contribution in [1.29, 1.82) is 0 Å². The number of carbonyl (C=O) groups is 1. The first-order chi connectivity index (χ1) is 11.3. The number of H-pyrrole nitrogens is 1. The number of pyridine rings is 1. The van der Waals surface area contributed by atoms with E-state index in [0.717, 1.165) is 0 Å². The van der Waals surface area contributed by atoms with E-state index in [2.05, 4.69) is 9.71 Å². The summed E-state index contributed by atoms with van der Waals surface area (Å²) in [6.45, 7) is 0. The molecule has 0 aliphatic heterocycles. The van der Waals surface area contributed by atoms with E-state index in [0.29, 0.717) is 36.6 Å². The van der Waals surface area contributed by atoms with Crippen LogP contribution in [0.4, 0.5) is 0 Å². The first kappa shape index (κ1) is 16.7. The molecule has 8 heteroatoms. The molecule has 2 aromatic rings. The summed E-state index contributed by atoms with van der Waals surface area (Å²) in [6, 6.07) is 7.19. The Morgan fingerprint density at radius 2 is 1.83 bits per heavy atom. The maximum Gasteiger partial charge on any atom is 0.306 e. The number of sulfonamides is 1. The lowest BCUT2D eigenvalue weighted by molar-refractivity contribution is -0.142. The number of hydrogen-bond acceptors (Lipinski definition) is 4. The molecule has 1 fully saturated rings. The Balaban J connectivity index is 1.77. The fourth-order valence-electron chi connectivity index (χ4n) is 3.05. The number of carboxylic acid groups (broad SMARTS) is 1. The van der Waals surface area contributed by atoms with Gasteiger partial charge >= 0.3 is 5.97 Å². The van der Waals surface area contributed by atoms with Gasteiger partial charge in [0.15, 0.2) is 0 Å². The van der Waals surface area contributed by atoms with E-state index in [9.17, 15) is 18.0 Å². The van der Waals surface area contributed by atoms with Gasteiger partial charge in [-0.1, -0.05) is 0 Å². The quantitative estimate of drug-likeness (QED) is 0.772. The van der Waals surface area contributed by atoms with Gasteiger partial charge in [0.05, 0.1) is 10.8 Å². The lowest BCUT2D eigenvalue weighted by Crippen LogP contribution is -2.38. The largest absolute Gasteiger partial charge is 0.481 e. The van der Waals surface area contributed by atoms with Gasteiger partial charge in [-0.2, -0.15) is 0 Å². The van der Waals surface area contributed by atoms with Gasteiger partial charge in [0.1, 0.15) is 0 Å². The van der Waals surface area contributed by atoms with Crippen LogP contribution in [0.3, 0.4) is 0 Å². The third-order valence-electron chi connectivity index (χ3n) is 4.40. The van der Waals surface area contributed by atoms with E-state index < -0.39 is 16.0 Å². The van der Waals surface area contributed by atoms with Gasteiger partial charge in [0, 0.05) is 17.6 Å². The second-order valence-electron chi connectivity index (χ2n) is 6.08. The third-order valence-corrected chi connectivity index (χ3v) is 5.92. The molecule has 7 nitrogen and oxygen atoms in total. The Labute approximate surface area is 138 Å². The third kappa shape index (κ3) is 3.49. The van der Waals surface area contributed by atoms with Crippen LogP contribution >= 0.6 is 0 Å². The maximum atomic E-state index is 12.5. The van der Waals surface area contributed by atoms with Gasteiger partial charge in [-0.15, -0.1) is 0 Å². The Morgan fingerprint density at radius 1 is 1.12 bits per heavy atom. The van der Waals surface area contributed by atoms with Crippen LogP contribution in [0.25, 0.3) is 10.9 Å². The summed E-state index contributed by atoms with van der Waals surface area (Å²) in [4.78, 5) is 25.0. The van der Waals surface area contributed by atoms with Gasteiger partial charge in [-0.3, -0.25) is 9.59 Å². The van der Waals surface area contributed by atoms with Crippen LogP contribution < -0.4 is 10.3 Å². The second kappa shape index (κ2) is 6.37. The molecule has 0 spiro atoms. The van der Waals surface area contributed by atoms with Gasteiger partial charge < -0.3 is 10.1 Å². The van der Waals surface area contributed by atoms with Crippen molar-refractivity contribution in [1.82, 2.24) is 9.71 Å². The SMILES string of the molecule is O=C(O)C1CCC(NS(=O)(=O)c2ccc3[nH]c(=O)ccc3c2)CC1. The van der Waals surface area contributed by atoms with E-state index in [1.54, 1.807) is 12.1 Å². The van der Waals surface area contributed by atoms with Crippen LogP contribution in [0.5, 0.6) is 0 Å². The molecule has 1 heterocycles. The molecule has 0 bridgehead atoms. The van der Waals surface area contributed by atoms with Crippen molar-refractivity contribution >= 4 is 26.9 Å². The van der Waals surface area contributed by atoms with Crippen LogP contribution in [0.1, 0.15) is 25.7 Å². The Bertz CT molecular complexity index is 927. The average molecular weight is 350 g/mol. The molecule has 3 N–H and O–H groups in total. The summed E-state index contributed by atoms with van der Waals surface area (Å²) in [5.74, 6) is -1.21. The normalized spacial score (nSPS) is 21.7. The number of aromatic nitrogens is 1. The monoisotopic (exact) mass is 350 g/mol. The predicted molar refractivity (Wildman–Crippen MR) is 88.3 cm³/mol. The van der Waals surface area contributed by atoms with Crippen LogP contribution in [-0.4, -0.2) is 30.5 Å². The number of aliphatic carboxylic acids is 1. The van der Waals surface area contributed by atoms with Crippen molar-refractivity contribution in [3.8, 4) is 0 Å². The number of hydrogen-bond donors (Lipinski definition) is 3. The molecule has 128 valence electrons. The van der Waals surface area contributed by atoms with Gasteiger partial charge in [0.2, 0.25) is 15.6 Å². The average Bonchev–Trinajstić information content (AvgIpc) is 2.54. The Morgan fingerprint density at radius 3 is 2.50 bits per heavy atom. The number of benzene rings is 1. The number of carboxylic acids is 1. The zero-order valence-electron chi connectivity index (χ0n) is 12.9. The molecular weight excluding hydrogens is 332 g/mol. The van der Waals surface area contributed by atoms with Crippen molar-refractivity contribution in [3.63, 3.8) is 0 Å². The second-order valence-corrected chi connectivity index (χ2v) is 7.79. The number of fused-ring (bicyclic) bond motifs is 1. The highest BCUT2D eigenvalue weighted by atomic mass is 32.2. The van der Waals surface area contributed by atoms with Crippen molar-refractivity contribution in [2.45, 2.75) is 36.6 Å². The van der Waals surface area contributed by atoms with E-state index >= 15 is 0 Å². The van der Waals surface area contributed by atoms with E-state index in [4.69, 9.17) is 5.11 Å². The highest BCUT2D eigenvalue weighted by molar-refractivity contribution is 7.89. The first-order valence-electron chi connectivity index (χ1n) is 7.73. The summed E-state index contributed by atoms with van der Waals surface area (Å²) in [5.41, 5.74) is 0.329. The maximum absolute atomic E-state index is 12.5. The van der Waals surface area contributed by atoms with Crippen molar-refractivity contribution in [2.75, 3.05) is 0 Å². The minimum Gasteiger partial charge on any atom is -0.481 e. The minimum absolute atomic E-state index is 0.127. The summed E-state index contributed by atoms with van der Waals surface area (Å²) >= 11 is 0. The zero-order valence-corrected chi connectivity index (χ0v) is 13.7. The van der Waals surface area contributed by atoms with E-state index in [1.807, 2.05) is 0 Å². The molecule has 0 saturated heterocycles. The molecule has 0 atom stereocenters. The number of aromatic amines is 1. The van der Waals surface area contributed by atoms with Crippen molar-refractivity contribution in [3.05, 3.63) is 40.7 Å². The Kier molecular flexibility index (Phi) is 4.42. The Hall–Kier alpha value is -2.19. The number of rotatable bonds is 4. The fourth-order valence-corrected chi connectivity index (χ4v) is 4.39. The van der Waals surface area contributed by atoms with Crippen LogP contribution in [0.2, 0.25) is 0 Å². The van der Waals surface area contributed by atoms with E-state index in [-0.39, 0.29) is 22.4 Å². The lowest BCUT2D eigenvalue weighted by Gasteiger charge is -2.26. The fraction of sp³-hybridized carbons (Fsp3) is 0.375. The first-order valence-corrected chi connectivity index (χ1v) is 9.22. The van der Waals surface area contributed by atoms with Crippen LogP contribution in [0.15, 0.2) is 40.0 Å². The molecule has 1 saturated carbocycles. The standard InChI is InChI=1S/C16H18N2O5S/c19-15-8-3-11-9-13(6-7-14(11)17-15)24(22,23)18-12-4-1-10(2-5-12)16(20)21/h3,6-10,12,18H,1-2,4-5H2,(H,17,19)(H,20,21). The molecular formula is C16H18N2O5S. The zero-order chi connectivity index (χ0) is 17.3. The lowest BCUT2D eigenvalue weighted by atomic mass is 9.87. The molecule has 1 aromatic heterocycles. The molecule has 1 aromatic carbocycles. The van der Waals surface area contributed by atoms with Crippen molar-refractivity contribution in [2.24, 2.45) is 5.92 Å². The highest BCUT2D eigenvalue weighted by Crippen LogP contribution is 2.26. The van der Waals surface area contributed by atoms with Crippen LogP contribution in [0, 0.1) is 5.92 Å². The minimum atomic E-state index is -3.69. The van der Waals surface area contributed by atoms with Gasteiger partial charge in [-0.25, -0.2) is 13.1 Å². The summed E-state index contributed by atoms with van der Waals surface area (Å²) < 4.78 is 27.7. The highest BCUT2D eigenvalue weighted by Gasteiger charge is 2.28. The van der Waals surface area contributed by atoms with E-state index in [1.165, 1.54) is 18.2 Å². The number of nitrogens with one attached hydrogen (secondary N) is 2. The molecule has 0 unspecified atom stereocenters. The molecule has 0 amide bonds.